The number of carbonyl (C=O) groups excluding carboxylic acids is 2. The van der Waals surface area contributed by atoms with Crippen LogP contribution in [-0.2, 0) is 4.79 Å². The molecule has 1 saturated heterocycles. The molecule has 1 aromatic carbocycles. The van der Waals surface area contributed by atoms with Gasteiger partial charge in [0.05, 0.1) is 28.5 Å². The molecule has 2 aliphatic rings. The number of benzene rings is 1. The van der Waals surface area contributed by atoms with Crippen molar-refractivity contribution in [1.82, 2.24) is 4.90 Å². The van der Waals surface area contributed by atoms with Crippen LogP contribution in [0.2, 0.25) is 5.02 Å². The maximum Gasteiger partial charge on any atom is 0.257 e. The molecule has 4 rings (SSSR count). The molecule has 0 bridgehead atoms. The van der Waals surface area contributed by atoms with Crippen molar-refractivity contribution in [3.05, 3.63) is 41.3 Å². The lowest BCUT2D eigenvalue weighted by molar-refractivity contribution is -0.121. The van der Waals surface area contributed by atoms with Crippen molar-refractivity contribution in [2.75, 3.05) is 31.6 Å². The first-order valence-electron chi connectivity index (χ1n) is 8.83. The molecule has 3 heterocycles. The van der Waals surface area contributed by atoms with E-state index in [-0.39, 0.29) is 17.7 Å². The van der Waals surface area contributed by atoms with Gasteiger partial charge in [0.25, 0.3) is 5.91 Å². The molecule has 2 amide bonds. The molecule has 8 heteroatoms. The molecule has 0 aliphatic carbocycles. The molecule has 0 saturated carbocycles. The van der Waals surface area contributed by atoms with E-state index in [1.165, 1.54) is 12.5 Å². The van der Waals surface area contributed by atoms with Gasteiger partial charge in [-0.2, -0.15) is 0 Å². The average Bonchev–Trinajstić information content (AvgIpc) is 3.23. The van der Waals surface area contributed by atoms with Gasteiger partial charge in [0.1, 0.15) is 19.5 Å². The van der Waals surface area contributed by atoms with Gasteiger partial charge >= 0.3 is 0 Å². The van der Waals surface area contributed by atoms with Crippen LogP contribution >= 0.6 is 11.6 Å². The maximum absolute atomic E-state index is 12.7. The lowest BCUT2D eigenvalue weighted by atomic mass is 9.96. The van der Waals surface area contributed by atoms with E-state index >= 15 is 0 Å². The number of nitrogens with zero attached hydrogens (tertiary/aromatic N) is 1. The quantitative estimate of drug-likeness (QED) is 0.870. The fourth-order valence-electron chi connectivity index (χ4n) is 3.34. The highest BCUT2D eigenvalue weighted by atomic mass is 35.5. The van der Waals surface area contributed by atoms with Crippen LogP contribution < -0.4 is 14.8 Å². The molecule has 2 aliphatic heterocycles. The third kappa shape index (κ3) is 3.73. The Kier molecular flexibility index (Phi) is 4.94. The second-order valence-electron chi connectivity index (χ2n) is 6.57. The van der Waals surface area contributed by atoms with Crippen molar-refractivity contribution < 1.29 is 23.5 Å². The van der Waals surface area contributed by atoms with Crippen LogP contribution in [-0.4, -0.2) is 43.0 Å². The zero-order valence-electron chi connectivity index (χ0n) is 14.6. The molecule has 1 fully saturated rings. The molecule has 7 nitrogen and oxygen atoms in total. The summed E-state index contributed by atoms with van der Waals surface area (Å²) in [6, 6.07) is 4.94. The van der Waals surface area contributed by atoms with E-state index in [1.807, 2.05) is 0 Å². The molecule has 2 aromatic rings. The van der Waals surface area contributed by atoms with Crippen molar-refractivity contribution in [2.45, 2.75) is 12.8 Å². The highest BCUT2D eigenvalue weighted by Gasteiger charge is 2.30. The van der Waals surface area contributed by atoms with Gasteiger partial charge in [0.2, 0.25) is 5.91 Å². The van der Waals surface area contributed by atoms with Crippen LogP contribution in [0.1, 0.15) is 23.2 Å². The van der Waals surface area contributed by atoms with Gasteiger partial charge in [-0.1, -0.05) is 11.6 Å². The summed E-state index contributed by atoms with van der Waals surface area (Å²) in [5.41, 5.74) is 0.968. The van der Waals surface area contributed by atoms with Gasteiger partial charge in [-0.05, 0) is 18.9 Å². The third-order valence-corrected chi connectivity index (χ3v) is 5.05. The van der Waals surface area contributed by atoms with E-state index in [4.69, 9.17) is 25.5 Å². The second kappa shape index (κ2) is 7.52. The van der Waals surface area contributed by atoms with Gasteiger partial charge in [0, 0.05) is 25.2 Å². The van der Waals surface area contributed by atoms with Crippen molar-refractivity contribution in [3.63, 3.8) is 0 Å². The Hall–Kier alpha value is -2.67. The number of anilines is 1. The summed E-state index contributed by atoms with van der Waals surface area (Å²) in [4.78, 5) is 26.9. The van der Waals surface area contributed by atoms with Crippen LogP contribution in [0.25, 0.3) is 0 Å². The molecule has 0 radical (unpaired) electrons. The summed E-state index contributed by atoms with van der Waals surface area (Å²) in [7, 11) is 0. The van der Waals surface area contributed by atoms with Crippen molar-refractivity contribution in [1.29, 1.82) is 0 Å². The first-order valence-corrected chi connectivity index (χ1v) is 9.21. The summed E-state index contributed by atoms with van der Waals surface area (Å²) < 4.78 is 16.0. The summed E-state index contributed by atoms with van der Waals surface area (Å²) >= 11 is 6.27. The lowest BCUT2D eigenvalue weighted by Gasteiger charge is -2.32. The minimum Gasteiger partial charge on any atom is -0.486 e. The molecule has 1 N–H and O–H groups in total. The first kappa shape index (κ1) is 17.7. The summed E-state index contributed by atoms with van der Waals surface area (Å²) in [5.74, 6) is 0.524. The zero-order chi connectivity index (χ0) is 18.8. The minimum absolute atomic E-state index is 0.126. The van der Waals surface area contributed by atoms with E-state index in [9.17, 15) is 9.59 Å². The predicted molar refractivity (Wildman–Crippen MR) is 98.4 cm³/mol. The van der Waals surface area contributed by atoms with Gasteiger partial charge < -0.3 is 24.1 Å². The first-order chi connectivity index (χ1) is 13.1. The fraction of sp³-hybridized carbons (Fsp3) is 0.368. The zero-order valence-corrected chi connectivity index (χ0v) is 15.3. The average molecular weight is 391 g/mol. The number of piperidine rings is 1. The van der Waals surface area contributed by atoms with E-state index < -0.39 is 0 Å². The molecular formula is C19H19ClN2O5. The highest BCUT2D eigenvalue weighted by molar-refractivity contribution is 6.34. The number of ether oxygens (including phenoxy) is 2. The summed E-state index contributed by atoms with van der Waals surface area (Å²) in [6.45, 7) is 1.91. The predicted octanol–water partition coefficient (Wildman–Crippen LogP) is 3.20. The number of hydrogen-bond donors (Lipinski definition) is 1. The molecule has 1 aromatic heterocycles. The maximum atomic E-state index is 12.7. The van der Waals surface area contributed by atoms with Gasteiger partial charge in [-0.3, -0.25) is 9.59 Å². The Morgan fingerprint density at radius 1 is 1.19 bits per heavy atom. The molecule has 0 spiro atoms. The van der Waals surface area contributed by atoms with Crippen molar-refractivity contribution in [3.8, 4) is 11.5 Å². The molecule has 27 heavy (non-hydrogen) atoms. The number of fused-ring (bicyclic) bond motifs is 1. The van der Waals surface area contributed by atoms with Crippen molar-refractivity contribution in [2.24, 2.45) is 5.92 Å². The number of nitrogens with one attached hydrogen (secondary N) is 1. The number of rotatable bonds is 3. The third-order valence-electron chi connectivity index (χ3n) is 4.74. The number of carbonyl (C=O) groups is 2. The van der Waals surface area contributed by atoms with Crippen LogP contribution in [0.3, 0.4) is 0 Å². The van der Waals surface area contributed by atoms with Gasteiger partial charge in [-0.25, -0.2) is 0 Å². The molecule has 142 valence electrons. The van der Waals surface area contributed by atoms with Gasteiger partial charge in [-0.15, -0.1) is 0 Å². The number of amides is 2. The summed E-state index contributed by atoms with van der Waals surface area (Å²) in [6.07, 6.45) is 4.35. The van der Waals surface area contributed by atoms with Gasteiger partial charge in [0.15, 0.2) is 11.5 Å². The van der Waals surface area contributed by atoms with Crippen LogP contribution in [0.15, 0.2) is 35.1 Å². The number of hydrogen-bond acceptors (Lipinski definition) is 5. The fourth-order valence-corrected chi connectivity index (χ4v) is 3.54. The van der Waals surface area contributed by atoms with Crippen molar-refractivity contribution >= 4 is 29.1 Å². The Morgan fingerprint density at radius 2 is 1.96 bits per heavy atom. The van der Waals surface area contributed by atoms with E-state index in [1.54, 1.807) is 23.1 Å². The van der Waals surface area contributed by atoms with E-state index in [2.05, 4.69) is 5.32 Å². The molecular weight excluding hydrogens is 372 g/mol. The van der Waals surface area contributed by atoms with Crippen LogP contribution in [0, 0.1) is 5.92 Å². The Morgan fingerprint density at radius 3 is 2.70 bits per heavy atom. The Bertz CT molecular complexity index is 852. The Balaban J connectivity index is 1.44. The number of furan rings is 1. The Labute approximate surface area is 161 Å². The molecule has 1 atom stereocenters. The van der Waals surface area contributed by atoms with Crippen LogP contribution in [0.4, 0.5) is 5.69 Å². The second-order valence-corrected chi connectivity index (χ2v) is 6.97. The normalized spacial score (nSPS) is 18.9. The SMILES string of the molecule is O=C(Nc1cc2c(cc1Cl)OCCO2)C1CCCN(C(=O)c2ccoc2)C1. The minimum atomic E-state index is -0.307. The topological polar surface area (TPSA) is 81.0 Å². The van der Waals surface area contributed by atoms with Crippen LogP contribution in [0.5, 0.6) is 11.5 Å². The number of likely N-dealkylation sites (tertiary alicyclic amines) is 1. The smallest absolute Gasteiger partial charge is 0.257 e. The lowest BCUT2D eigenvalue weighted by Crippen LogP contribution is -2.43. The molecule has 1 unspecified atom stereocenters. The standard InChI is InChI=1S/C19H19ClN2O5/c20-14-8-16-17(27-7-6-26-16)9-15(14)21-18(23)12-2-1-4-22(10-12)19(24)13-3-5-25-11-13/h3,5,8-9,11-12H,1-2,4,6-7,10H2,(H,21,23). The number of halogens is 1. The highest BCUT2D eigenvalue weighted by Crippen LogP contribution is 2.38. The van der Waals surface area contributed by atoms with E-state index in [0.717, 1.165) is 6.42 Å². The monoisotopic (exact) mass is 390 g/mol. The largest absolute Gasteiger partial charge is 0.486 e. The summed E-state index contributed by atoms with van der Waals surface area (Å²) in [5, 5.41) is 3.25. The van der Waals surface area contributed by atoms with E-state index in [0.29, 0.717) is 60.5 Å².